The molecular weight excluding hydrogens is 434 g/mol. The van der Waals surface area contributed by atoms with Crippen molar-refractivity contribution in [1.29, 1.82) is 0 Å². The lowest BCUT2D eigenvalue weighted by Crippen LogP contribution is -2.50. The third-order valence-electron chi connectivity index (χ3n) is 4.94. The molecule has 0 bridgehead atoms. The minimum absolute atomic E-state index is 0.102. The quantitative estimate of drug-likeness (QED) is 0.574. The molecule has 0 aromatic heterocycles. The second-order valence-corrected chi connectivity index (χ2v) is 9.04. The molecule has 0 unspecified atom stereocenters. The molecule has 9 nitrogen and oxygen atoms in total. The van der Waals surface area contributed by atoms with Crippen molar-refractivity contribution >= 4 is 27.5 Å². The van der Waals surface area contributed by atoms with Crippen LogP contribution < -0.4 is 19.1 Å². The molecule has 2 rings (SSSR count). The first kappa shape index (κ1) is 25.0. The van der Waals surface area contributed by atoms with Gasteiger partial charge in [-0.15, -0.1) is 0 Å². The Hall–Kier alpha value is -3.27. The fraction of sp³-hybridized carbons (Fsp3) is 0.364. The number of nitrogens with one attached hydrogen (secondary N) is 1. The number of anilines is 1. The van der Waals surface area contributed by atoms with Crippen LogP contribution in [-0.4, -0.2) is 65.2 Å². The van der Waals surface area contributed by atoms with E-state index in [1.54, 1.807) is 55.5 Å². The fourth-order valence-electron chi connectivity index (χ4n) is 3.12. The second kappa shape index (κ2) is 10.9. The SMILES string of the molecule is CNC(=O)[C@@H](C)N(Cc1cccc(OC)c1)C(=O)CN(c1ccc(OC)cc1)S(C)(=O)=O. The van der Waals surface area contributed by atoms with Crippen molar-refractivity contribution in [1.82, 2.24) is 10.2 Å². The van der Waals surface area contributed by atoms with E-state index in [1.165, 1.54) is 26.2 Å². The number of sulfonamides is 1. The molecule has 1 atom stereocenters. The maximum Gasteiger partial charge on any atom is 0.244 e. The fourth-order valence-corrected chi connectivity index (χ4v) is 3.97. The Labute approximate surface area is 189 Å². The number of benzene rings is 2. The molecular formula is C22H29N3O6S. The number of hydrogen-bond donors (Lipinski definition) is 1. The summed E-state index contributed by atoms with van der Waals surface area (Å²) in [5, 5.41) is 2.53. The van der Waals surface area contributed by atoms with E-state index >= 15 is 0 Å². The Morgan fingerprint density at radius 2 is 1.66 bits per heavy atom. The molecule has 0 saturated carbocycles. The highest BCUT2D eigenvalue weighted by Gasteiger charge is 2.29. The summed E-state index contributed by atoms with van der Waals surface area (Å²) in [4.78, 5) is 27.0. The van der Waals surface area contributed by atoms with Gasteiger partial charge in [0, 0.05) is 13.6 Å². The van der Waals surface area contributed by atoms with Gasteiger partial charge in [-0.25, -0.2) is 8.42 Å². The molecule has 0 saturated heterocycles. The molecule has 1 N–H and O–H groups in total. The highest BCUT2D eigenvalue weighted by atomic mass is 32.2. The molecule has 0 aliphatic rings. The van der Waals surface area contributed by atoms with Crippen LogP contribution in [0, 0.1) is 0 Å². The average Bonchev–Trinajstić information content (AvgIpc) is 2.79. The summed E-state index contributed by atoms with van der Waals surface area (Å²) in [5.41, 5.74) is 1.05. The first-order chi connectivity index (χ1) is 15.1. The van der Waals surface area contributed by atoms with Crippen molar-refractivity contribution in [3.63, 3.8) is 0 Å². The molecule has 10 heteroatoms. The maximum absolute atomic E-state index is 13.3. The molecule has 2 aromatic carbocycles. The molecule has 32 heavy (non-hydrogen) atoms. The standard InChI is InChI=1S/C22H29N3O6S/c1-16(22(27)23-2)24(14-17-7-6-8-20(13-17)31-4)21(26)15-25(32(5,28)29)18-9-11-19(30-3)12-10-18/h6-13,16H,14-15H2,1-5H3,(H,23,27)/t16-/m1/s1. The summed E-state index contributed by atoms with van der Waals surface area (Å²) in [6.45, 7) is 1.23. The Morgan fingerprint density at radius 3 is 2.19 bits per heavy atom. The summed E-state index contributed by atoms with van der Waals surface area (Å²) < 4.78 is 36.3. The van der Waals surface area contributed by atoms with Gasteiger partial charge in [-0.2, -0.15) is 0 Å². The van der Waals surface area contributed by atoms with Crippen LogP contribution in [0.3, 0.4) is 0 Å². The third kappa shape index (κ3) is 6.36. The molecule has 0 fully saturated rings. The minimum atomic E-state index is -3.78. The van der Waals surface area contributed by atoms with Gasteiger partial charge in [0.1, 0.15) is 24.1 Å². The van der Waals surface area contributed by atoms with Gasteiger partial charge in [-0.05, 0) is 48.9 Å². The number of hydrogen-bond acceptors (Lipinski definition) is 6. The number of nitrogens with zero attached hydrogens (tertiary/aromatic N) is 2. The number of carbonyl (C=O) groups excluding carboxylic acids is 2. The Bertz CT molecular complexity index is 1040. The largest absolute Gasteiger partial charge is 0.497 e. The van der Waals surface area contributed by atoms with Crippen molar-refractivity contribution in [2.45, 2.75) is 19.5 Å². The molecule has 174 valence electrons. The second-order valence-electron chi connectivity index (χ2n) is 7.13. The van der Waals surface area contributed by atoms with Gasteiger partial charge < -0.3 is 19.7 Å². The van der Waals surface area contributed by atoms with Gasteiger partial charge >= 0.3 is 0 Å². The smallest absolute Gasteiger partial charge is 0.244 e. The van der Waals surface area contributed by atoms with Gasteiger partial charge in [0.05, 0.1) is 26.2 Å². The molecule has 2 amide bonds. The van der Waals surface area contributed by atoms with Crippen LogP contribution >= 0.6 is 0 Å². The molecule has 0 radical (unpaired) electrons. The van der Waals surface area contributed by atoms with Crippen LogP contribution in [0.25, 0.3) is 0 Å². The molecule has 0 heterocycles. The van der Waals surface area contributed by atoms with Crippen molar-refractivity contribution in [2.75, 3.05) is 38.4 Å². The van der Waals surface area contributed by atoms with Crippen LogP contribution in [0.4, 0.5) is 5.69 Å². The van der Waals surface area contributed by atoms with E-state index in [-0.39, 0.29) is 12.5 Å². The molecule has 0 aliphatic heterocycles. The van der Waals surface area contributed by atoms with Crippen LogP contribution in [0.5, 0.6) is 11.5 Å². The lowest BCUT2D eigenvalue weighted by molar-refractivity contribution is -0.139. The van der Waals surface area contributed by atoms with E-state index in [1.807, 2.05) is 0 Å². The Morgan fingerprint density at radius 1 is 1.03 bits per heavy atom. The van der Waals surface area contributed by atoms with E-state index in [9.17, 15) is 18.0 Å². The maximum atomic E-state index is 13.3. The number of carbonyl (C=O) groups is 2. The zero-order valence-corrected chi connectivity index (χ0v) is 19.7. The van der Waals surface area contributed by atoms with E-state index in [4.69, 9.17) is 9.47 Å². The van der Waals surface area contributed by atoms with E-state index in [2.05, 4.69) is 5.32 Å². The van der Waals surface area contributed by atoms with Gasteiger partial charge in [0.2, 0.25) is 21.8 Å². The Balaban J connectivity index is 2.37. The predicted molar refractivity (Wildman–Crippen MR) is 122 cm³/mol. The summed E-state index contributed by atoms with van der Waals surface area (Å²) in [7, 11) is 0.742. The van der Waals surface area contributed by atoms with Crippen molar-refractivity contribution < 1.29 is 27.5 Å². The zero-order chi connectivity index (χ0) is 23.9. The first-order valence-electron chi connectivity index (χ1n) is 9.86. The van der Waals surface area contributed by atoms with Crippen LogP contribution in [-0.2, 0) is 26.2 Å². The van der Waals surface area contributed by atoms with Crippen molar-refractivity contribution in [2.24, 2.45) is 0 Å². The average molecular weight is 464 g/mol. The van der Waals surface area contributed by atoms with Gasteiger partial charge in [0.25, 0.3) is 0 Å². The van der Waals surface area contributed by atoms with Crippen molar-refractivity contribution in [3.05, 3.63) is 54.1 Å². The highest BCUT2D eigenvalue weighted by molar-refractivity contribution is 7.92. The lowest BCUT2D eigenvalue weighted by atomic mass is 10.1. The van der Waals surface area contributed by atoms with E-state index < -0.39 is 28.5 Å². The summed E-state index contributed by atoms with van der Waals surface area (Å²) in [6, 6.07) is 12.6. The van der Waals surface area contributed by atoms with Gasteiger partial charge in [0.15, 0.2) is 0 Å². The predicted octanol–water partition coefficient (Wildman–Crippen LogP) is 1.63. The molecule has 0 aliphatic carbocycles. The normalized spacial score (nSPS) is 11.9. The summed E-state index contributed by atoms with van der Waals surface area (Å²) in [6.07, 6.45) is 1.03. The summed E-state index contributed by atoms with van der Waals surface area (Å²) >= 11 is 0. The minimum Gasteiger partial charge on any atom is -0.497 e. The molecule has 2 aromatic rings. The molecule has 0 spiro atoms. The number of likely N-dealkylation sites (N-methyl/N-ethyl adjacent to an activating group) is 1. The highest BCUT2D eigenvalue weighted by Crippen LogP contribution is 2.22. The van der Waals surface area contributed by atoms with E-state index in [0.717, 1.165) is 16.1 Å². The lowest BCUT2D eigenvalue weighted by Gasteiger charge is -2.31. The zero-order valence-electron chi connectivity index (χ0n) is 18.9. The van der Waals surface area contributed by atoms with Crippen LogP contribution in [0.15, 0.2) is 48.5 Å². The van der Waals surface area contributed by atoms with E-state index in [0.29, 0.717) is 17.2 Å². The number of rotatable bonds is 10. The monoisotopic (exact) mass is 463 g/mol. The Kier molecular flexibility index (Phi) is 8.48. The van der Waals surface area contributed by atoms with Crippen LogP contribution in [0.2, 0.25) is 0 Å². The topological polar surface area (TPSA) is 105 Å². The van der Waals surface area contributed by atoms with Crippen LogP contribution in [0.1, 0.15) is 12.5 Å². The van der Waals surface area contributed by atoms with Crippen molar-refractivity contribution in [3.8, 4) is 11.5 Å². The third-order valence-corrected chi connectivity index (χ3v) is 6.08. The number of amides is 2. The van der Waals surface area contributed by atoms with Gasteiger partial charge in [-0.1, -0.05) is 12.1 Å². The number of methoxy groups -OCH3 is 2. The van der Waals surface area contributed by atoms with Gasteiger partial charge in [-0.3, -0.25) is 13.9 Å². The first-order valence-corrected chi connectivity index (χ1v) is 11.7. The number of ether oxygens (including phenoxy) is 2. The summed E-state index contributed by atoms with van der Waals surface area (Å²) in [5.74, 6) is 0.279.